The third-order valence-corrected chi connectivity index (χ3v) is 6.88. The van der Waals surface area contributed by atoms with E-state index in [1.54, 1.807) is 37.2 Å². The van der Waals surface area contributed by atoms with Crippen molar-refractivity contribution in [1.29, 1.82) is 0 Å². The summed E-state index contributed by atoms with van der Waals surface area (Å²) in [7, 11) is -3.78. The molecule has 8 heteroatoms. The van der Waals surface area contributed by atoms with E-state index in [9.17, 15) is 17.6 Å². The molecule has 1 saturated carbocycles. The molecular formula is C20H24FN3O3S. The van der Waals surface area contributed by atoms with Crippen molar-refractivity contribution in [2.75, 3.05) is 13.1 Å². The third-order valence-electron chi connectivity index (χ3n) is 4.84. The number of carbonyl (C=O) groups is 1. The van der Waals surface area contributed by atoms with E-state index in [4.69, 9.17) is 0 Å². The van der Waals surface area contributed by atoms with E-state index in [0.29, 0.717) is 19.6 Å². The van der Waals surface area contributed by atoms with Crippen LogP contribution in [0.3, 0.4) is 0 Å². The minimum absolute atomic E-state index is 0.0372. The maximum Gasteiger partial charge on any atom is 0.257 e. The summed E-state index contributed by atoms with van der Waals surface area (Å²) >= 11 is 0. The Kier molecular flexibility index (Phi) is 6.10. The molecule has 0 radical (unpaired) electrons. The van der Waals surface area contributed by atoms with Crippen LogP contribution in [-0.4, -0.2) is 47.6 Å². The lowest BCUT2D eigenvalue weighted by atomic mass is 10.1. The summed E-state index contributed by atoms with van der Waals surface area (Å²) < 4.78 is 41.3. The van der Waals surface area contributed by atoms with E-state index in [1.165, 1.54) is 10.4 Å². The first kappa shape index (κ1) is 20.4. The Balaban J connectivity index is 1.94. The summed E-state index contributed by atoms with van der Waals surface area (Å²) in [5.74, 6) is -1.22. The van der Waals surface area contributed by atoms with Gasteiger partial charge in [-0.2, -0.15) is 4.31 Å². The minimum atomic E-state index is -3.78. The summed E-state index contributed by atoms with van der Waals surface area (Å²) in [6, 6.07) is 7.09. The van der Waals surface area contributed by atoms with Gasteiger partial charge in [-0.05, 0) is 42.7 Å². The largest absolute Gasteiger partial charge is 0.331 e. The van der Waals surface area contributed by atoms with Crippen molar-refractivity contribution < 1.29 is 17.6 Å². The highest BCUT2D eigenvalue weighted by Crippen LogP contribution is 2.31. The fraction of sp³-hybridized carbons (Fsp3) is 0.400. The zero-order chi connectivity index (χ0) is 20.3. The van der Waals surface area contributed by atoms with Gasteiger partial charge in [-0.15, -0.1) is 0 Å². The maximum atomic E-state index is 14.5. The summed E-state index contributed by atoms with van der Waals surface area (Å²) in [4.78, 5) is 18.7. The minimum Gasteiger partial charge on any atom is -0.331 e. The van der Waals surface area contributed by atoms with Crippen LogP contribution in [0.2, 0.25) is 0 Å². The van der Waals surface area contributed by atoms with Crippen molar-refractivity contribution in [3.63, 3.8) is 0 Å². The second kappa shape index (κ2) is 8.36. The van der Waals surface area contributed by atoms with Crippen molar-refractivity contribution in [3.8, 4) is 0 Å². The predicted molar refractivity (Wildman–Crippen MR) is 104 cm³/mol. The number of sulfonamides is 1. The van der Waals surface area contributed by atoms with E-state index in [-0.39, 0.29) is 16.5 Å². The molecule has 1 aromatic heterocycles. The first-order valence-corrected chi connectivity index (χ1v) is 10.8. The molecule has 0 unspecified atom stereocenters. The Morgan fingerprint density at radius 2 is 1.93 bits per heavy atom. The molecule has 1 aliphatic carbocycles. The zero-order valence-electron chi connectivity index (χ0n) is 16.0. The normalized spacial score (nSPS) is 14.3. The molecule has 0 spiro atoms. The molecule has 1 aliphatic rings. The molecule has 0 N–H and O–H groups in total. The van der Waals surface area contributed by atoms with Gasteiger partial charge in [-0.25, -0.2) is 12.8 Å². The summed E-state index contributed by atoms with van der Waals surface area (Å²) in [6.07, 6.45) is 5.02. The van der Waals surface area contributed by atoms with E-state index in [1.807, 2.05) is 6.07 Å². The lowest BCUT2D eigenvalue weighted by Gasteiger charge is -2.23. The molecule has 0 bridgehead atoms. The van der Waals surface area contributed by atoms with Crippen molar-refractivity contribution in [2.45, 2.75) is 44.2 Å². The second-order valence-corrected chi connectivity index (χ2v) is 8.69. The third kappa shape index (κ3) is 4.23. The number of hydrogen-bond acceptors (Lipinski definition) is 4. The van der Waals surface area contributed by atoms with E-state index in [0.717, 1.165) is 30.5 Å². The standard InChI is InChI=1S/C20H24FN3O3S/c1-3-23(4-2)28(26,27)17-9-10-19(21)18(12-17)20(25)24(16-7-8-16)14-15-6-5-11-22-13-15/h5-6,9-13,16H,3-4,7-8,14H2,1-2H3. The number of benzene rings is 1. The fourth-order valence-corrected chi connectivity index (χ4v) is 4.62. The maximum absolute atomic E-state index is 14.5. The van der Waals surface area contributed by atoms with Gasteiger partial charge < -0.3 is 4.90 Å². The van der Waals surface area contributed by atoms with Crippen LogP contribution in [0.4, 0.5) is 4.39 Å². The number of amides is 1. The van der Waals surface area contributed by atoms with Gasteiger partial charge >= 0.3 is 0 Å². The Labute approximate surface area is 165 Å². The van der Waals surface area contributed by atoms with E-state index in [2.05, 4.69) is 4.98 Å². The van der Waals surface area contributed by atoms with Crippen molar-refractivity contribution >= 4 is 15.9 Å². The van der Waals surface area contributed by atoms with Gasteiger partial charge in [0.2, 0.25) is 10.0 Å². The molecule has 1 fully saturated rings. The second-order valence-electron chi connectivity index (χ2n) is 6.76. The van der Waals surface area contributed by atoms with Crippen LogP contribution in [0, 0.1) is 5.82 Å². The van der Waals surface area contributed by atoms with Gasteiger partial charge in [-0.1, -0.05) is 19.9 Å². The van der Waals surface area contributed by atoms with Crippen molar-refractivity contribution in [3.05, 3.63) is 59.7 Å². The Morgan fingerprint density at radius 1 is 1.21 bits per heavy atom. The first-order valence-electron chi connectivity index (χ1n) is 9.38. The number of aromatic nitrogens is 1. The van der Waals surface area contributed by atoms with Gasteiger partial charge in [-0.3, -0.25) is 9.78 Å². The first-order chi connectivity index (χ1) is 13.4. The quantitative estimate of drug-likeness (QED) is 0.677. The van der Waals surface area contributed by atoms with Crippen LogP contribution in [0.5, 0.6) is 0 Å². The van der Waals surface area contributed by atoms with Gasteiger partial charge in [0, 0.05) is 38.1 Å². The number of carbonyl (C=O) groups excluding carboxylic acids is 1. The molecule has 150 valence electrons. The van der Waals surface area contributed by atoms with Crippen LogP contribution < -0.4 is 0 Å². The number of halogens is 1. The zero-order valence-corrected chi connectivity index (χ0v) is 16.8. The molecule has 0 saturated heterocycles. The lowest BCUT2D eigenvalue weighted by molar-refractivity contribution is 0.0724. The Hall–Kier alpha value is -2.32. The number of rotatable bonds is 8. The Bertz CT molecular complexity index is 942. The predicted octanol–water partition coefficient (Wildman–Crippen LogP) is 3.06. The van der Waals surface area contributed by atoms with Gasteiger partial charge in [0.25, 0.3) is 5.91 Å². The monoisotopic (exact) mass is 405 g/mol. The number of hydrogen-bond donors (Lipinski definition) is 0. The number of pyridine rings is 1. The summed E-state index contributed by atoms with van der Waals surface area (Å²) in [5, 5.41) is 0. The van der Waals surface area contributed by atoms with Crippen LogP contribution >= 0.6 is 0 Å². The van der Waals surface area contributed by atoms with Gasteiger partial charge in [0.15, 0.2) is 0 Å². The van der Waals surface area contributed by atoms with Crippen molar-refractivity contribution in [2.24, 2.45) is 0 Å². The highest BCUT2D eigenvalue weighted by atomic mass is 32.2. The fourth-order valence-electron chi connectivity index (χ4n) is 3.14. The average Bonchev–Trinajstić information content (AvgIpc) is 3.52. The van der Waals surface area contributed by atoms with Gasteiger partial charge in [0.05, 0.1) is 10.5 Å². The molecule has 3 rings (SSSR count). The molecule has 28 heavy (non-hydrogen) atoms. The highest BCUT2D eigenvalue weighted by Gasteiger charge is 2.35. The van der Waals surface area contributed by atoms with E-state index < -0.39 is 21.7 Å². The molecule has 1 aromatic carbocycles. The van der Waals surface area contributed by atoms with Crippen LogP contribution in [0.1, 0.15) is 42.6 Å². The van der Waals surface area contributed by atoms with E-state index >= 15 is 0 Å². The molecule has 0 atom stereocenters. The molecule has 0 aliphatic heterocycles. The molecule has 6 nitrogen and oxygen atoms in total. The SMILES string of the molecule is CCN(CC)S(=O)(=O)c1ccc(F)c(C(=O)N(Cc2cccnc2)C2CC2)c1. The molecule has 2 aromatic rings. The molecule has 1 amide bonds. The van der Waals surface area contributed by atoms with Crippen molar-refractivity contribution in [1.82, 2.24) is 14.2 Å². The topological polar surface area (TPSA) is 70.6 Å². The van der Waals surface area contributed by atoms with Crippen LogP contribution in [0.25, 0.3) is 0 Å². The summed E-state index contributed by atoms with van der Waals surface area (Å²) in [6.45, 7) is 4.38. The molecule has 1 heterocycles. The average molecular weight is 405 g/mol. The summed E-state index contributed by atoms with van der Waals surface area (Å²) in [5.41, 5.74) is 0.624. The smallest absolute Gasteiger partial charge is 0.257 e. The molecular weight excluding hydrogens is 381 g/mol. The van der Waals surface area contributed by atoms with Crippen LogP contribution in [0.15, 0.2) is 47.6 Å². The lowest BCUT2D eigenvalue weighted by Crippen LogP contribution is -2.34. The van der Waals surface area contributed by atoms with Gasteiger partial charge in [0.1, 0.15) is 5.82 Å². The number of nitrogens with zero attached hydrogens (tertiary/aromatic N) is 3. The highest BCUT2D eigenvalue weighted by molar-refractivity contribution is 7.89. The van der Waals surface area contributed by atoms with Crippen LogP contribution in [-0.2, 0) is 16.6 Å². The Morgan fingerprint density at radius 3 is 2.50 bits per heavy atom.